The number of fused-ring (bicyclic) bond motifs is 3. The van der Waals surface area contributed by atoms with Crippen LogP contribution in [0, 0.1) is 5.92 Å². The number of anilines is 1. The fourth-order valence-electron chi connectivity index (χ4n) is 4.27. The Balaban J connectivity index is 1.34. The van der Waals surface area contributed by atoms with Crippen molar-refractivity contribution in [2.45, 2.75) is 19.3 Å². The van der Waals surface area contributed by atoms with E-state index in [1.807, 2.05) is 31.2 Å². The summed E-state index contributed by atoms with van der Waals surface area (Å²) in [6.07, 6.45) is -0.113. The van der Waals surface area contributed by atoms with Gasteiger partial charge in [0, 0.05) is 16.9 Å². The first-order valence-electron chi connectivity index (χ1n) is 11.3. The lowest BCUT2D eigenvalue weighted by atomic mass is 9.98. The van der Waals surface area contributed by atoms with Crippen molar-refractivity contribution in [3.05, 3.63) is 87.9 Å². The maximum Gasteiger partial charge on any atom is 0.407 e. The lowest BCUT2D eigenvalue weighted by molar-refractivity contribution is -0.119. The first-order valence-corrected chi connectivity index (χ1v) is 12.1. The van der Waals surface area contributed by atoms with Gasteiger partial charge in [-0.15, -0.1) is 0 Å². The number of carbonyl (C=O) groups is 3. The van der Waals surface area contributed by atoms with Crippen molar-refractivity contribution in [1.29, 1.82) is 0 Å². The number of ether oxygens (including phenoxy) is 1. The number of rotatable bonds is 8. The molecule has 35 heavy (non-hydrogen) atoms. The fraction of sp³-hybridized carbons (Fsp3) is 0.222. The van der Waals surface area contributed by atoms with Gasteiger partial charge in [-0.2, -0.15) is 0 Å². The molecule has 0 aromatic heterocycles. The monoisotopic (exact) mass is 536 g/mol. The van der Waals surface area contributed by atoms with Crippen LogP contribution in [0.25, 0.3) is 11.1 Å². The lowest BCUT2D eigenvalue weighted by Crippen LogP contribution is -2.36. The second-order valence-electron chi connectivity index (χ2n) is 8.30. The molecule has 4 rings (SSSR count). The summed E-state index contributed by atoms with van der Waals surface area (Å²) in [5.41, 5.74) is 4.97. The predicted molar refractivity (Wildman–Crippen MR) is 137 cm³/mol. The SMILES string of the molecule is CCC(CNC(=O)OCC1c2ccccc2-c2ccccc21)C(=O)Nc1cc(C(=O)O)ccc1Br. The van der Waals surface area contributed by atoms with E-state index in [0.717, 1.165) is 22.3 Å². The molecular weight excluding hydrogens is 512 g/mol. The third-order valence-electron chi connectivity index (χ3n) is 6.17. The number of carboxylic acids is 1. The second-order valence-corrected chi connectivity index (χ2v) is 9.15. The van der Waals surface area contributed by atoms with Crippen LogP contribution in [0.4, 0.5) is 10.5 Å². The largest absolute Gasteiger partial charge is 0.478 e. The molecule has 0 spiro atoms. The third kappa shape index (κ3) is 5.38. The molecule has 180 valence electrons. The van der Waals surface area contributed by atoms with Crippen LogP contribution in [-0.4, -0.2) is 36.2 Å². The fourth-order valence-corrected chi connectivity index (χ4v) is 4.61. The number of halogens is 1. The summed E-state index contributed by atoms with van der Waals surface area (Å²) in [4.78, 5) is 36.4. The highest BCUT2D eigenvalue weighted by Gasteiger charge is 2.29. The standard InChI is InChI=1S/C27H25BrN2O5/c1-2-16(25(31)30-24-13-17(26(32)33)11-12-23(24)28)14-29-27(34)35-15-22-20-9-5-3-7-18(20)19-8-4-6-10-21(19)22/h3-13,16,22H,2,14-15H2,1H3,(H,29,34)(H,30,31)(H,32,33). The topological polar surface area (TPSA) is 105 Å². The van der Waals surface area contributed by atoms with E-state index in [4.69, 9.17) is 4.74 Å². The van der Waals surface area contributed by atoms with Gasteiger partial charge < -0.3 is 20.5 Å². The van der Waals surface area contributed by atoms with Crippen molar-refractivity contribution in [3.8, 4) is 11.1 Å². The first kappa shape index (κ1) is 24.5. The highest BCUT2D eigenvalue weighted by atomic mass is 79.9. The molecule has 3 aromatic carbocycles. The summed E-state index contributed by atoms with van der Waals surface area (Å²) >= 11 is 3.32. The molecule has 0 radical (unpaired) electrons. The van der Waals surface area contributed by atoms with Crippen molar-refractivity contribution >= 4 is 39.6 Å². The maximum absolute atomic E-state index is 12.8. The van der Waals surface area contributed by atoms with Crippen molar-refractivity contribution in [3.63, 3.8) is 0 Å². The molecule has 7 nitrogen and oxygen atoms in total. The van der Waals surface area contributed by atoms with Crippen LogP contribution >= 0.6 is 15.9 Å². The van der Waals surface area contributed by atoms with Gasteiger partial charge in [-0.05, 0) is 62.8 Å². The molecule has 8 heteroatoms. The number of carboxylic acid groups (broad SMARTS) is 1. The van der Waals surface area contributed by atoms with Crippen LogP contribution in [0.15, 0.2) is 71.2 Å². The molecule has 1 aliphatic carbocycles. The molecule has 0 heterocycles. The number of carbonyl (C=O) groups excluding carboxylic acids is 2. The van der Waals surface area contributed by atoms with Gasteiger partial charge >= 0.3 is 12.1 Å². The molecule has 0 saturated carbocycles. The van der Waals surface area contributed by atoms with Gasteiger partial charge in [0.05, 0.1) is 17.2 Å². The molecule has 1 unspecified atom stereocenters. The van der Waals surface area contributed by atoms with E-state index in [0.29, 0.717) is 16.6 Å². The number of aromatic carboxylic acids is 1. The number of hydrogen-bond acceptors (Lipinski definition) is 4. The summed E-state index contributed by atoms with van der Waals surface area (Å²) in [5.74, 6) is -1.97. The third-order valence-corrected chi connectivity index (χ3v) is 6.86. The minimum absolute atomic E-state index is 0.0442. The van der Waals surface area contributed by atoms with Crippen molar-refractivity contribution in [2.75, 3.05) is 18.5 Å². The van der Waals surface area contributed by atoms with Crippen LogP contribution < -0.4 is 10.6 Å². The number of alkyl carbamates (subject to hydrolysis) is 1. The normalized spacial score (nSPS) is 12.9. The molecule has 0 bridgehead atoms. The molecule has 0 aliphatic heterocycles. The summed E-state index contributed by atoms with van der Waals surface area (Å²) in [7, 11) is 0. The zero-order valence-corrected chi connectivity index (χ0v) is 20.7. The quantitative estimate of drug-likeness (QED) is 0.345. The zero-order valence-electron chi connectivity index (χ0n) is 19.1. The Bertz CT molecular complexity index is 1230. The predicted octanol–water partition coefficient (Wildman–Crippen LogP) is 5.65. The van der Waals surface area contributed by atoms with E-state index in [2.05, 4.69) is 50.8 Å². The highest BCUT2D eigenvalue weighted by molar-refractivity contribution is 9.10. The molecule has 0 fully saturated rings. The second kappa shape index (κ2) is 10.7. The van der Waals surface area contributed by atoms with E-state index in [9.17, 15) is 19.5 Å². The summed E-state index contributed by atoms with van der Waals surface area (Å²) in [5, 5.41) is 14.6. The summed E-state index contributed by atoms with van der Waals surface area (Å²) < 4.78 is 6.10. The van der Waals surface area contributed by atoms with Crippen molar-refractivity contribution < 1.29 is 24.2 Å². The van der Waals surface area contributed by atoms with E-state index < -0.39 is 18.0 Å². The smallest absolute Gasteiger partial charge is 0.407 e. The van der Waals surface area contributed by atoms with Gasteiger partial charge in [0.25, 0.3) is 0 Å². The van der Waals surface area contributed by atoms with E-state index >= 15 is 0 Å². The van der Waals surface area contributed by atoms with Crippen LogP contribution in [0.2, 0.25) is 0 Å². The minimum atomic E-state index is -1.09. The van der Waals surface area contributed by atoms with Gasteiger partial charge in [-0.25, -0.2) is 9.59 Å². The molecule has 2 amide bonds. The molecule has 1 atom stereocenters. The van der Waals surface area contributed by atoms with Gasteiger partial charge in [-0.3, -0.25) is 4.79 Å². The van der Waals surface area contributed by atoms with Gasteiger partial charge in [0.2, 0.25) is 5.91 Å². The Labute approximate surface area is 211 Å². The number of hydrogen-bond donors (Lipinski definition) is 3. The minimum Gasteiger partial charge on any atom is -0.478 e. The van der Waals surface area contributed by atoms with Crippen molar-refractivity contribution in [1.82, 2.24) is 5.32 Å². The average Bonchev–Trinajstić information content (AvgIpc) is 3.18. The number of amides is 2. The molecule has 3 aromatic rings. The zero-order chi connectivity index (χ0) is 24.9. The Morgan fingerprint density at radius 3 is 2.23 bits per heavy atom. The summed E-state index contributed by atoms with van der Waals surface area (Å²) in [6, 6.07) is 20.6. The van der Waals surface area contributed by atoms with Crippen molar-refractivity contribution in [2.24, 2.45) is 5.92 Å². The maximum atomic E-state index is 12.8. The Hall–Kier alpha value is -3.65. The van der Waals surface area contributed by atoms with Crippen LogP contribution in [0.3, 0.4) is 0 Å². The Morgan fingerprint density at radius 1 is 1.00 bits per heavy atom. The average molecular weight is 537 g/mol. The number of nitrogens with one attached hydrogen (secondary N) is 2. The van der Waals surface area contributed by atoms with Gasteiger partial charge in [0.15, 0.2) is 0 Å². The molecule has 1 aliphatic rings. The Morgan fingerprint density at radius 2 is 1.63 bits per heavy atom. The van der Waals surface area contributed by atoms with Crippen LogP contribution in [-0.2, 0) is 9.53 Å². The molecule has 0 saturated heterocycles. The van der Waals surface area contributed by atoms with Gasteiger partial charge in [-0.1, -0.05) is 55.5 Å². The van der Waals surface area contributed by atoms with Gasteiger partial charge in [0.1, 0.15) is 6.61 Å². The van der Waals surface area contributed by atoms with E-state index in [-0.39, 0.29) is 30.5 Å². The Kier molecular flexibility index (Phi) is 7.51. The summed E-state index contributed by atoms with van der Waals surface area (Å²) in [6.45, 7) is 2.12. The molecule has 3 N–H and O–H groups in total. The van der Waals surface area contributed by atoms with Crippen LogP contribution in [0.5, 0.6) is 0 Å². The van der Waals surface area contributed by atoms with Crippen LogP contribution in [0.1, 0.15) is 40.7 Å². The molecular formula is C27H25BrN2O5. The lowest BCUT2D eigenvalue weighted by Gasteiger charge is -2.18. The highest BCUT2D eigenvalue weighted by Crippen LogP contribution is 2.44. The van der Waals surface area contributed by atoms with E-state index in [1.165, 1.54) is 12.1 Å². The number of benzene rings is 3. The van der Waals surface area contributed by atoms with E-state index in [1.54, 1.807) is 6.07 Å². The first-order chi connectivity index (χ1) is 16.9.